The third-order valence-corrected chi connectivity index (χ3v) is 3.91. The minimum atomic E-state index is -0.542. The molecule has 0 spiro atoms. The molecule has 0 bridgehead atoms. The van der Waals surface area contributed by atoms with Gasteiger partial charge in [-0.3, -0.25) is 0 Å². The van der Waals surface area contributed by atoms with Gasteiger partial charge in [0.1, 0.15) is 0 Å². The van der Waals surface area contributed by atoms with Crippen molar-refractivity contribution < 1.29 is 9.53 Å². The summed E-state index contributed by atoms with van der Waals surface area (Å²) in [4.78, 5) is 11.7. The molecule has 108 valence electrons. The van der Waals surface area contributed by atoms with Crippen LogP contribution in [-0.2, 0) is 10.2 Å². The number of hydrogen-bond donors (Lipinski definition) is 0. The van der Waals surface area contributed by atoms with Crippen molar-refractivity contribution in [2.45, 2.75) is 45.4 Å². The largest absolute Gasteiger partial charge is 0.465 e. The minimum absolute atomic E-state index is 0.187. The van der Waals surface area contributed by atoms with Crippen LogP contribution >= 0.6 is 0 Å². The molecule has 0 saturated heterocycles. The van der Waals surface area contributed by atoms with Crippen molar-refractivity contribution in [3.8, 4) is 6.07 Å². The molecule has 0 aliphatic rings. The van der Waals surface area contributed by atoms with Crippen LogP contribution in [0.25, 0.3) is 0 Å². The summed E-state index contributed by atoms with van der Waals surface area (Å²) < 4.78 is 4.76. The van der Waals surface area contributed by atoms with Gasteiger partial charge in [-0.05, 0) is 30.0 Å². The zero-order valence-electron chi connectivity index (χ0n) is 12.8. The van der Waals surface area contributed by atoms with E-state index in [2.05, 4.69) is 26.8 Å². The quantitative estimate of drug-likeness (QED) is 0.734. The van der Waals surface area contributed by atoms with Crippen LogP contribution in [-0.4, -0.2) is 13.1 Å². The second kappa shape index (κ2) is 7.09. The first-order valence-electron chi connectivity index (χ1n) is 7.12. The van der Waals surface area contributed by atoms with Gasteiger partial charge < -0.3 is 4.74 Å². The number of methoxy groups -OCH3 is 1. The average molecular weight is 273 g/mol. The van der Waals surface area contributed by atoms with Gasteiger partial charge in [-0.1, -0.05) is 45.7 Å². The van der Waals surface area contributed by atoms with E-state index in [-0.39, 0.29) is 11.9 Å². The summed E-state index contributed by atoms with van der Waals surface area (Å²) in [5.41, 5.74) is 0.869. The maximum atomic E-state index is 11.7. The maximum absolute atomic E-state index is 11.7. The smallest absolute Gasteiger partial charge is 0.337 e. The number of nitrogens with zero attached hydrogens (tertiary/aromatic N) is 1. The molecule has 1 unspecified atom stereocenters. The predicted molar refractivity (Wildman–Crippen MR) is 79.4 cm³/mol. The fourth-order valence-corrected chi connectivity index (χ4v) is 2.51. The van der Waals surface area contributed by atoms with Crippen molar-refractivity contribution in [1.82, 2.24) is 0 Å². The van der Waals surface area contributed by atoms with E-state index in [4.69, 9.17) is 4.74 Å². The molecular weight excluding hydrogens is 250 g/mol. The highest BCUT2D eigenvalue weighted by atomic mass is 16.5. The van der Waals surface area contributed by atoms with Crippen molar-refractivity contribution >= 4 is 5.97 Å². The lowest BCUT2D eigenvalue weighted by molar-refractivity contribution is 0.0600. The van der Waals surface area contributed by atoms with Crippen LogP contribution in [0.1, 0.15) is 56.0 Å². The van der Waals surface area contributed by atoms with Crippen LogP contribution in [0.15, 0.2) is 24.3 Å². The molecular formula is C17H23NO2. The van der Waals surface area contributed by atoms with Crippen LogP contribution in [0.4, 0.5) is 0 Å². The van der Waals surface area contributed by atoms with E-state index in [0.29, 0.717) is 5.56 Å². The standard InChI is InChI=1S/C17H23NO2/c1-5-6-10-17(12-18,13(2)3)15-9-7-8-14(11-15)16(19)20-4/h7-9,11,13H,5-6,10H2,1-4H3. The molecule has 20 heavy (non-hydrogen) atoms. The van der Waals surface area contributed by atoms with E-state index in [0.717, 1.165) is 24.8 Å². The molecule has 0 radical (unpaired) electrons. The van der Waals surface area contributed by atoms with Gasteiger partial charge in [-0.25, -0.2) is 4.79 Å². The Morgan fingerprint density at radius 1 is 1.45 bits per heavy atom. The normalized spacial score (nSPS) is 13.6. The SMILES string of the molecule is CCCCC(C#N)(c1cccc(C(=O)OC)c1)C(C)C. The number of carbonyl (C=O) groups excluding carboxylic acids is 1. The summed E-state index contributed by atoms with van der Waals surface area (Å²) in [6.07, 6.45) is 2.85. The number of carbonyl (C=O) groups is 1. The molecule has 3 heteroatoms. The molecule has 0 aliphatic heterocycles. The van der Waals surface area contributed by atoms with E-state index < -0.39 is 5.41 Å². The molecule has 0 N–H and O–H groups in total. The van der Waals surface area contributed by atoms with Gasteiger partial charge in [0.25, 0.3) is 0 Å². The van der Waals surface area contributed by atoms with E-state index in [1.807, 2.05) is 12.1 Å². The molecule has 0 saturated carbocycles. The molecule has 0 amide bonds. The highest BCUT2D eigenvalue weighted by molar-refractivity contribution is 5.89. The molecule has 1 atom stereocenters. The van der Waals surface area contributed by atoms with Crippen LogP contribution in [0.5, 0.6) is 0 Å². The topological polar surface area (TPSA) is 50.1 Å². The molecule has 0 fully saturated rings. The van der Waals surface area contributed by atoms with Crippen LogP contribution in [0.2, 0.25) is 0 Å². The minimum Gasteiger partial charge on any atom is -0.465 e. The number of esters is 1. The second-order valence-electron chi connectivity index (χ2n) is 5.41. The monoisotopic (exact) mass is 273 g/mol. The summed E-state index contributed by atoms with van der Waals surface area (Å²) >= 11 is 0. The Morgan fingerprint density at radius 3 is 2.65 bits per heavy atom. The van der Waals surface area contributed by atoms with E-state index >= 15 is 0 Å². The van der Waals surface area contributed by atoms with Crippen molar-refractivity contribution in [2.75, 3.05) is 7.11 Å². The lowest BCUT2D eigenvalue weighted by Crippen LogP contribution is -2.31. The van der Waals surface area contributed by atoms with Gasteiger partial charge in [-0.2, -0.15) is 5.26 Å². The Kier molecular flexibility index (Phi) is 5.76. The highest BCUT2D eigenvalue weighted by Crippen LogP contribution is 2.37. The highest BCUT2D eigenvalue weighted by Gasteiger charge is 2.35. The Balaban J connectivity index is 3.27. The molecule has 0 aromatic heterocycles. The Bertz CT molecular complexity index is 502. The maximum Gasteiger partial charge on any atom is 0.337 e. The molecule has 3 nitrogen and oxygen atoms in total. The summed E-state index contributed by atoms with van der Waals surface area (Å²) in [6.45, 7) is 6.24. The van der Waals surface area contributed by atoms with Gasteiger partial charge >= 0.3 is 5.97 Å². The van der Waals surface area contributed by atoms with Crippen molar-refractivity contribution in [3.05, 3.63) is 35.4 Å². The summed E-state index contributed by atoms with van der Waals surface area (Å²) in [6, 6.07) is 9.77. The predicted octanol–water partition coefficient (Wildman–Crippen LogP) is 4.08. The summed E-state index contributed by atoms with van der Waals surface area (Å²) in [7, 11) is 1.37. The van der Waals surface area contributed by atoms with Gasteiger partial charge in [0.15, 0.2) is 0 Å². The Morgan fingerprint density at radius 2 is 2.15 bits per heavy atom. The van der Waals surface area contributed by atoms with Crippen molar-refractivity contribution in [3.63, 3.8) is 0 Å². The molecule has 1 aromatic rings. The summed E-state index contributed by atoms with van der Waals surface area (Å²) in [5, 5.41) is 9.75. The average Bonchev–Trinajstić information content (AvgIpc) is 2.47. The number of rotatable bonds is 6. The lowest BCUT2D eigenvalue weighted by atomic mass is 9.69. The molecule has 1 aromatic carbocycles. The van der Waals surface area contributed by atoms with E-state index in [9.17, 15) is 10.1 Å². The van der Waals surface area contributed by atoms with Gasteiger partial charge in [0.05, 0.1) is 24.2 Å². The first kappa shape index (κ1) is 16.2. The van der Waals surface area contributed by atoms with Gasteiger partial charge in [-0.15, -0.1) is 0 Å². The van der Waals surface area contributed by atoms with Crippen LogP contribution in [0, 0.1) is 17.2 Å². The zero-order chi connectivity index (χ0) is 15.2. The molecule has 0 heterocycles. The third kappa shape index (κ3) is 3.19. The Hall–Kier alpha value is -1.82. The summed E-state index contributed by atoms with van der Waals surface area (Å²) in [5.74, 6) is -0.176. The second-order valence-corrected chi connectivity index (χ2v) is 5.41. The number of ether oxygens (including phenoxy) is 1. The van der Waals surface area contributed by atoms with Crippen LogP contribution < -0.4 is 0 Å². The van der Waals surface area contributed by atoms with E-state index in [1.54, 1.807) is 12.1 Å². The lowest BCUT2D eigenvalue weighted by Gasteiger charge is -2.31. The number of hydrogen-bond acceptors (Lipinski definition) is 3. The van der Waals surface area contributed by atoms with Crippen LogP contribution in [0.3, 0.4) is 0 Å². The fourth-order valence-electron chi connectivity index (χ4n) is 2.51. The zero-order valence-corrected chi connectivity index (χ0v) is 12.8. The van der Waals surface area contributed by atoms with Crippen molar-refractivity contribution in [2.24, 2.45) is 5.92 Å². The van der Waals surface area contributed by atoms with E-state index in [1.165, 1.54) is 7.11 Å². The Labute approximate surface area is 121 Å². The number of unbranched alkanes of at least 4 members (excludes halogenated alkanes) is 1. The number of nitriles is 1. The van der Waals surface area contributed by atoms with Gasteiger partial charge in [0, 0.05) is 0 Å². The first-order chi connectivity index (χ1) is 9.51. The van der Waals surface area contributed by atoms with Crippen molar-refractivity contribution in [1.29, 1.82) is 5.26 Å². The number of benzene rings is 1. The van der Waals surface area contributed by atoms with Gasteiger partial charge in [0.2, 0.25) is 0 Å². The third-order valence-electron chi connectivity index (χ3n) is 3.91. The molecule has 0 aliphatic carbocycles. The molecule has 1 rings (SSSR count). The first-order valence-corrected chi connectivity index (χ1v) is 7.12. The fraction of sp³-hybridized carbons (Fsp3) is 0.529.